The molecule has 2 aliphatic carbocycles. The second kappa shape index (κ2) is 16.3. The quantitative estimate of drug-likeness (QED) is 0.129. The summed E-state index contributed by atoms with van der Waals surface area (Å²) in [7, 11) is 0. The summed E-state index contributed by atoms with van der Waals surface area (Å²) in [6.07, 6.45) is 8.17. The van der Waals surface area contributed by atoms with E-state index in [0.29, 0.717) is 5.56 Å². The molecule has 0 aromatic heterocycles. The molecule has 0 N–H and O–H groups in total. The normalized spacial score (nSPS) is 14.8. The van der Waals surface area contributed by atoms with Crippen LogP contribution in [0, 0.1) is 18.3 Å². The highest BCUT2D eigenvalue weighted by atomic mass is 15.2. The Morgan fingerprint density at radius 1 is 0.508 bits per heavy atom. The third-order valence-corrected chi connectivity index (χ3v) is 13.7. The first kappa shape index (κ1) is 39.9. The van der Waals surface area contributed by atoms with Gasteiger partial charge in [-0.15, -0.1) is 0 Å². The second-order valence-electron chi connectivity index (χ2n) is 17.4. The summed E-state index contributed by atoms with van der Waals surface area (Å²) in [6, 6.07) is 73.0. The van der Waals surface area contributed by atoms with E-state index in [1.807, 2.05) is 18.2 Å². The van der Waals surface area contributed by atoms with Crippen molar-refractivity contribution in [2.75, 3.05) is 9.80 Å². The summed E-state index contributed by atoms with van der Waals surface area (Å²) >= 11 is 0. The minimum Gasteiger partial charge on any atom is -0.310 e. The molecular weight excluding hydrogens is 787 g/mol. The van der Waals surface area contributed by atoms with Crippen molar-refractivity contribution >= 4 is 61.2 Å². The molecule has 2 aliphatic rings. The van der Waals surface area contributed by atoms with Gasteiger partial charge in [0.25, 0.3) is 0 Å². The maximum absolute atomic E-state index is 10.2. The van der Waals surface area contributed by atoms with Crippen molar-refractivity contribution in [1.29, 1.82) is 5.26 Å². The van der Waals surface area contributed by atoms with E-state index in [-0.39, 0.29) is 0 Å². The number of benzene rings is 9. The fourth-order valence-corrected chi connectivity index (χ4v) is 10.9. The highest BCUT2D eigenvalue weighted by molar-refractivity contribution is 6.19. The molecule has 0 fully saturated rings. The van der Waals surface area contributed by atoms with Crippen LogP contribution in [0.25, 0.3) is 38.2 Å². The number of allylic oxidation sites excluding steroid dienone is 4. The van der Waals surface area contributed by atoms with Gasteiger partial charge in [-0.05, 0) is 148 Å². The maximum Gasteiger partial charge on any atom is 0.0992 e. The van der Waals surface area contributed by atoms with Gasteiger partial charge in [0.15, 0.2) is 0 Å². The molecule has 0 bridgehead atoms. The Morgan fingerprint density at radius 3 is 1.58 bits per heavy atom. The fourth-order valence-electron chi connectivity index (χ4n) is 10.9. The van der Waals surface area contributed by atoms with Crippen molar-refractivity contribution in [3.05, 3.63) is 245 Å². The predicted molar refractivity (Wildman–Crippen MR) is 273 cm³/mol. The SMILES string of the molecule is CCCC/C=C\C1=C(C)c2ccccc2C12c1cc(N(c3ccccc3)c3cccc(C)c3)c3ccccc3c1-c1c2cc(N(c2ccccc2)c2cccc(C#N)c2)c2ccccc12. The van der Waals surface area contributed by atoms with Gasteiger partial charge in [0, 0.05) is 33.5 Å². The second-order valence-corrected chi connectivity index (χ2v) is 17.4. The summed E-state index contributed by atoms with van der Waals surface area (Å²) in [5.41, 5.74) is 17.9. The zero-order chi connectivity index (χ0) is 44.1. The van der Waals surface area contributed by atoms with Gasteiger partial charge in [0.1, 0.15) is 0 Å². The Kier molecular flexibility index (Phi) is 10.0. The maximum atomic E-state index is 10.2. The van der Waals surface area contributed by atoms with Gasteiger partial charge in [-0.2, -0.15) is 5.26 Å². The molecule has 0 saturated heterocycles. The van der Waals surface area contributed by atoms with Gasteiger partial charge in [-0.1, -0.05) is 159 Å². The fraction of sp³-hybridized carbons (Fsp3) is 0.113. The average molecular weight is 836 g/mol. The lowest BCUT2D eigenvalue weighted by Gasteiger charge is -2.35. The van der Waals surface area contributed by atoms with Crippen molar-refractivity contribution in [3.63, 3.8) is 0 Å². The zero-order valence-corrected chi connectivity index (χ0v) is 37.1. The number of para-hydroxylation sites is 2. The number of rotatable bonds is 10. The van der Waals surface area contributed by atoms with E-state index in [0.717, 1.165) is 58.8 Å². The van der Waals surface area contributed by atoms with Crippen LogP contribution in [0.5, 0.6) is 0 Å². The zero-order valence-electron chi connectivity index (χ0n) is 37.1. The van der Waals surface area contributed by atoms with Gasteiger partial charge in [0.2, 0.25) is 0 Å². The van der Waals surface area contributed by atoms with Crippen molar-refractivity contribution < 1.29 is 0 Å². The molecule has 9 aromatic carbocycles. The Labute approximate surface area is 382 Å². The average Bonchev–Trinajstić information content (AvgIpc) is 3.79. The minimum absolute atomic E-state index is 0.621. The van der Waals surface area contributed by atoms with Crippen LogP contribution in [0.3, 0.4) is 0 Å². The van der Waals surface area contributed by atoms with E-state index in [4.69, 9.17) is 0 Å². The molecule has 0 heterocycles. The number of hydrogen-bond donors (Lipinski definition) is 0. The highest BCUT2D eigenvalue weighted by Crippen LogP contribution is 2.66. The molecule has 1 atom stereocenters. The molecular formula is C62H49N3. The number of nitrogens with zero attached hydrogens (tertiary/aromatic N) is 3. The van der Waals surface area contributed by atoms with Gasteiger partial charge in [-0.25, -0.2) is 0 Å². The van der Waals surface area contributed by atoms with E-state index in [1.54, 1.807) is 0 Å². The molecule has 312 valence electrons. The monoisotopic (exact) mass is 835 g/mol. The predicted octanol–water partition coefficient (Wildman–Crippen LogP) is 17.0. The van der Waals surface area contributed by atoms with Gasteiger partial charge in [-0.3, -0.25) is 0 Å². The Bertz CT molecular complexity index is 3410. The Hall–Kier alpha value is -7.93. The number of nitriles is 1. The summed E-state index contributed by atoms with van der Waals surface area (Å²) in [6.45, 7) is 6.78. The topological polar surface area (TPSA) is 30.3 Å². The molecule has 0 radical (unpaired) electrons. The Morgan fingerprint density at radius 2 is 1.02 bits per heavy atom. The molecule has 0 amide bonds. The smallest absolute Gasteiger partial charge is 0.0992 e. The van der Waals surface area contributed by atoms with E-state index >= 15 is 0 Å². The Balaban J connectivity index is 1.32. The molecule has 3 nitrogen and oxygen atoms in total. The van der Waals surface area contributed by atoms with Crippen LogP contribution in [0.15, 0.2) is 212 Å². The van der Waals surface area contributed by atoms with Crippen molar-refractivity contribution in [2.24, 2.45) is 0 Å². The van der Waals surface area contributed by atoms with Crippen LogP contribution in [-0.4, -0.2) is 0 Å². The third-order valence-electron chi connectivity index (χ3n) is 13.7. The van der Waals surface area contributed by atoms with Gasteiger partial charge < -0.3 is 9.80 Å². The van der Waals surface area contributed by atoms with Crippen LogP contribution in [0.4, 0.5) is 34.1 Å². The van der Waals surface area contributed by atoms with E-state index in [1.165, 1.54) is 66.2 Å². The van der Waals surface area contributed by atoms with Gasteiger partial charge >= 0.3 is 0 Å². The minimum atomic E-state index is -0.669. The van der Waals surface area contributed by atoms with E-state index in [2.05, 4.69) is 225 Å². The molecule has 0 saturated carbocycles. The van der Waals surface area contributed by atoms with Crippen LogP contribution in [-0.2, 0) is 5.41 Å². The molecule has 65 heavy (non-hydrogen) atoms. The van der Waals surface area contributed by atoms with Crippen molar-refractivity contribution in [1.82, 2.24) is 0 Å². The van der Waals surface area contributed by atoms with Crippen LogP contribution < -0.4 is 9.80 Å². The largest absolute Gasteiger partial charge is 0.310 e. The van der Waals surface area contributed by atoms with E-state index < -0.39 is 5.41 Å². The third kappa shape index (κ3) is 6.32. The summed E-state index contributed by atoms with van der Waals surface area (Å²) in [5, 5.41) is 15.0. The molecule has 1 unspecified atom stereocenters. The van der Waals surface area contributed by atoms with Gasteiger partial charge in [0.05, 0.1) is 28.4 Å². The number of hydrogen-bond acceptors (Lipinski definition) is 3. The lowest BCUT2D eigenvalue weighted by molar-refractivity contribution is 0.780. The lowest BCUT2D eigenvalue weighted by atomic mass is 9.69. The summed E-state index contributed by atoms with van der Waals surface area (Å²) in [4.78, 5) is 4.82. The number of aryl methyl sites for hydroxylation is 1. The number of fused-ring (bicyclic) bond motifs is 11. The molecule has 0 aliphatic heterocycles. The number of anilines is 6. The van der Waals surface area contributed by atoms with Crippen LogP contribution in [0.1, 0.15) is 66.5 Å². The molecule has 11 rings (SSSR count). The first-order chi connectivity index (χ1) is 32.0. The first-order valence-corrected chi connectivity index (χ1v) is 22.9. The van der Waals surface area contributed by atoms with Crippen LogP contribution in [0.2, 0.25) is 0 Å². The standard InChI is InChI=1S/C62H49N3/c1-4-5-6-13-35-54-43(3)49-30-18-19-36-55(49)62(54)56-39-58(64(45-24-9-7-10-25-45)47-28-20-22-42(2)37-47)50-31-14-16-33-52(50)60(56)61-53-34-17-15-32-51(53)59(40-57(61)62)65(46-26-11-8-12-27-46)48-29-21-23-44(38-48)41-63/h7-40H,4-6H2,1-3H3/b35-13-. The summed E-state index contributed by atoms with van der Waals surface area (Å²) in [5.74, 6) is 0. The molecule has 3 heteroatoms. The number of unbranched alkanes of at least 4 members (excludes halogenated alkanes) is 2. The first-order valence-electron chi connectivity index (χ1n) is 22.9. The van der Waals surface area contributed by atoms with Crippen molar-refractivity contribution in [2.45, 2.75) is 45.4 Å². The van der Waals surface area contributed by atoms with Crippen molar-refractivity contribution in [3.8, 4) is 17.2 Å². The highest BCUT2D eigenvalue weighted by Gasteiger charge is 2.53. The summed E-state index contributed by atoms with van der Waals surface area (Å²) < 4.78 is 0. The van der Waals surface area contributed by atoms with Crippen LogP contribution >= 0.6 is 0 Å². The molecule has 1 spiro atoms. The molecule has 9 aromatic rings. The lowest BCUT2D eigenvalue weighted by Crippen LogP contribution is -2.27. The van der Waals surface area contributed by atoms with E-state index in [9.17, 15) is 5.26 Å².